The second kappa shape index (κ2) is 12.1. The van der Waals surface area contributed by atoms with Gasteiger partial charge < -0.3 is 29.3 Å². The third kappa shape index (κ3) is 6.21. The summed E-state index contributed by atoms with van der Waals surface area (Å²) in [4.78, 5) is 44.1. The smallest absolute Gasteiger partial charge is 0.339 e. The Labute approximate surface area is 252 Å². The molecule has 1 atom stereocenters. The number of amides is 1. The van der Waals surface area contributed by atoms with E-state index in [2.05, 4.69) is 15.2 Å². The van der Waals surface area contributed by atoms with E-state index < -0.39 is 11.5 Å². The van der Waals surface area contributed by atoms with Crippen molar-refractivity contribution in [3.05, 3.63) is 64.7 Å². The third-order valence-electron chi connectivity index (χ3n) is 7.87. The highest BCUT2D eigenvalue weighted by atomic mass is 16.6. The van der Waals surface area contributed by atoms with Gasteiger partial charge in [0.2, 0.25) is 0 Å². The van der Waals surface area contributed by atoms with Crippen molar-refractivity contribution in [2.45, 2.75) is 59.1 Å². The molecular weight excluding hydrogens is 548 g/mol. The lowest BCUT2D eigenvalue weighted by Gasteiger charge is -2.47. The number of nitrogens with zero attached hydrogens (tertiary/aromatic N) is 5. The highest BCUT2D eigenvalue weighted by Gasteiger charge is 2.38. The summed E-state index contributed by atoms with van der Waals surface area (Å²) in [6.45, 7) is 14.4. The molecule has 0 spiro atoms. The Morgan fingerprint density at radius 2 is 1.88 bits per heavy atom. The lowest BCUT2D eigenvalue weighted by atomic mass is 9.97. The molecule has 228 valence electrons. The Morgan fingerprint density at radius 1 is 1.14 bits per heavy atom. The first-order chi connectivity index (χ1) is 20.5. The lowest BCUT2D eigenvalue weighted by Crippen LogP contribution is -2.61. The highest BCUT2D eigenvalue weighted by Crippen LogP contribution is 2.32. The van der Waals surface area contributed by atoms with Crippen molar-refractivity contribution >= 4 is 23.5 Å². The molecule has 0 saturated carbocycles. The number of rotatable bonds is 7. The average molecular weight is 589 g/mol. The number of carbonyl (C=O) groups excluding carboxylic acids is 2. The van der Waals surface area contributed by atoms with E-state index in [0.29, 0.717) is 55.6 Å². The standard InChI is InChI=1S/C32H40N6O5/c1-19(2)28-29(33-15-22-17-42-24-10-8-9-11-25(24)43-22)34-16-23(36-28)30(39)38-13-12-37(18-32(38,5)6)26-14-20(3)27(21(4)35-26)31(40)41-7/h8-11,14,16,19,22H,12-13,15,17-18H2,1-7H3,(H,33,34). The Balaban J connectivity index is 1.28. The maximum atomic E-state index is 13.8. The number of fused-ring (bicyclic) bond motifs is 1. The number of piperazine rings is 1. The number of benzene rings is 1. The minimum absolute atomic E-state index is 0.0439. The van der Waals surface area contributed by atoms with Crippen LogP contribution in [0.15, 0.2) is 36.5 Å². The van der Waals surface area contributed by atoms with Gasteiger partial charge in [0.15, 0.2) is 11.5 Å². The number of aryl methyl sites for hydroxylation is 2. The fraction of sp³-hybridized carbons (Fsp3) is 0.469. The molecule has 5 rings (SSSR count). The molecule has 2 aliphatic rings. The Morgan fingerprint density at radius 3 is 2.56 bits per heavy atom. The van der Waals surface area contributed by atoms with Crippen LogP contribution >= 0.6 is 0 Å². The van der Waals surface area contributed by atoms with Gasteiger partial charge in [-0.25, -0.2) is 19.7 Å². The van der Waals surface area contributed by atoms with Crippen LogP contribution in [-0.2, 0) is 4.74 Å². The maximum Gasteiger partial charge on any atom is 0.339 e. The minimum Gasteiger partial charge on any atom is -0.486 e. The predicted molar refractivity (Wildman–Crippen MR) is 163 cm³/mol. The summed E-state index contributed by atoms with van der Waals surface area (Å²) < 4.78 is 16.8. The first kappa shape index (κ1) is 30.1. The molecule has 4 heterocycles. The van der Waals surface area contributed by atoms with Gasteiger partial charge in [-0.1, -0.05) is 26.0 Å². The maximum absolute atomic E-state index is 13.8. The molecule has 3 aromatic rings. The number of pyridine rings is 1. The Kier molecular flexibility index (Phi) is 8.43. The van der Waals surface area contributed by atoms with Crippen molar-refractivity contribution in [1.29, 1.82) is 0 Å². The van der Waals surface area contributed by atoms with Crippen LogP contribution < -0.4 is 19.7 Å². The van der Waals surface area contributed by atoms with Crippen LogP contribution in [0, 0.1) is 13.8 Å². The largest absolute Gasteiger partial charge is 0.486 e. The van der Waals surface area contributed by atoms with Crippen molar-refractivity contribution in [2.24, 2.45) is 0 Å². The number of methoxy groups -OCH3 is 1. The molecule has 1 saturated heterocycles. The van der Waals surface area contributed by atoms with E-state index in [9.17, 15) is 9.59 Å². The number of hydrogen-bond acceptors (Lipinski definition) is 10. The molecule has 0 aliphatic carbocycles. The number of hydrogen-bond donors (Lipinski definition) is 1. The summed E-state index contributed by atoms with van der Waals surface area (Å²) in [5.41, 5.74) is 2.44. The van der Waals surface area contributed by atoms with Crippen molar-refractivity contribution in [1.82, 2.24) is 19.9 Å². The monoisotopic (exact) mass is 588 g/mol. The van der Waals surface area contributed by atoms with Crippen LogP contribution in [0.25, 0.3) is 0 Å². The lowest BCUT2D eigenvalue weighted by molar-refractivity contribution is 0.0505. The minimum atomic E-state index is -0.509. The molecule has 11 heteroatoms. The molecular formula is C32H40N6O5. The quantitative estimate of drug-likeness (QED) is 0.398. The molecule has 1 fully saturated rings. The van der Waals surface area contributed by atoms with E-state index in [-0.39, 0.29) is 17.9 Å². The van der Waals surface area contributed by atoms with Gasteiger partial charge in [-0.2, -0.15) is 0 Å². The van der Waals surface area contributed by atoms with Gasteiger partial charge in [0.1, 0.15) is 30.0 Å². The first-order valence-corrected chi connectivity index (χ1v) is 14.6. The van der Waals surface area contributed by atoms with Crippen LogP contribution in [0.4, 0.5) is 11.6 Å². The van der Waals surface area contributed by atoms with Gasteiger partial charge in [0, 0.05) is 19.6 Å². The Bertz CT molecular complexity index is 1500. The summed E-state index contributed by atoms with van der Waals surface area (Å²) in [6.07, 6.45) is 1.36. The summed E-state index contributed by atoms with van der Waals surface area (Å²) in [5.74, 6) is 2.36. The number of aromatic nitrogens is 3. The molecule has 11 nitrogen and oxygen atoms in total. The van der Waals surface area contributed by atoms with Gasteiger partial charge >= 0.3 is 5.97 Å². The van der Waals surface area contributed by atoms with Gasteiger partial charge in [-0.15, -0.1) is 0 Å². The number of ether oxygens (including phenoxy) is 3. The van der Waals surface area contributed by atoms with Gasteiger partial charge in [-0.05, 0) is 57.4 Å². The van der Waals surface area contributed by atoms with Crippen molar-refractivity contribution in [3.8, 4) is 11.5 Å². The van der Waals surface area contributed by atoms with Crippen molar-refractivity contribution < 1.29 is 23.8 Å². The van der Waals surface area contributed by atoms with Crippen LogP contribution in [-0.4, -0.2) is 83.3 Å². The summed E-state index contributed by atoms with van der Waals surface area (Å²) in [7, 11) is 1.37. The second-order valence-corrected chi connectivity index (χ2v) is 12.0. The van der Waals surface area contributed by atoms with Crippen LogP contribution in [0.5, 0.6) is 11.5 Å². The zero-order valence-corrected chi connectivity index (χ0v) is 25.9. The zero-order chi connectivity index (χ0) is 30.9. The van der Waals surface area contributed by atoms with Crippen LogP contribution in [0.3, 0.4) is 0 Å². The van der Waals surface area contributed by atoms with E-state index in [1.165, 1.54) is 7.11 Å². The topological polar surface area (TPSA) is 119 Å². The average Bonchev–Trinajstić information content (AvgIpc) is 2.98. The fourth-order valence-corrected chi connectivity index (χ4v) is 5.67. The van der Waals surface area contributed by atoms with Crippen LogP contribution in [0.2, 0.25) is 0 Å². The highest BCUT2D eigenvalue weighted by molar-refractivity contribution is 5.93. The van der Waals surface area contributed by atoms with Gasteiger partial charge in [0.05, 0.1) is 42.3 Å². The summed E-state index contributed by atoms with van der Waals surface area (Å²) in [6, 6.07) is 9.52. The predicted octanol–water partition coefficient (Wildman–Crippen LogP) is 4.39. The van der Waals surface area contributed by atoms with E-state index in [1.807, 2.05) is 76.8 Å². The van der Waals surface area contributed by atoms with E-state index in [1.54, 1.807) is 6.20 Å². The molecule has 2 aliphatic heterocycles. The number of nitrogens with one attached hydrogen (secondary N) is 1. The normalized spacial score (nSPS) is 17.5. The second-order valence-electron chi connectivity index (χ2n) is 12.0. The van der Waals surface area contributed by atoms with Crippen molar-refractivity contribution in [3.63, 3.8) is 0 Å². The zero-order valence-electron chi connectivity index (χ0n) is 25.9. The molecule has 1 aromatic carbocycles. The molecule has 43 heavy (non-hydrogen) atoms. The van der Waals surface area contributed by atoms with Gasteiger partial charge in [0.25, 0.3) is 5.91 Å². The number of para-hydroxylation sites is 2. The van der Waals surface area contributed by atoms with E-state index in [0.717, 1.165) is 28.6 Å². The summed E-state index contributed by atoms with van der Waals surface area (Å²) >= 11 is 0. The molecule has 1 unspecified atom stereocenters. The van der Waals surface area contributed by atoms with Gasteiger partial charge in [-0.3, -0.25) is 4.79 Å². The molecule has 2 aromatic heterocycles. The number of carbonyl (C=O) groups is 2. The molecule has 1 N–H and O–H groups in total. The van der Waals surface area contributed by atoms with E-state index >= 15 is 0 Å². The fourth-order valence-electron chi connectivity index (χ4n) is 5.67. The number of anilines is 2. The van der Waals surface area contributed by atoms with Crippen LogP contribution in [0.1, 0.15) is 71.4 Å². The molecule has 0 radical (unpaired) electrons. The summed E-state index contributed by atoms with van der Waals surface area (Å²) in [5, 5.41) is 3.36. The van der Waals surface area contributed by atoms with Crippen molar-refractivity contribution in [2.75, 3.05) is 50.1 Å². The molecule has 1 amide bonds. The molecule has 0 bridgehead atoms. The number of esters is 1. The van der Waals surface area contributed by atoms with E-state index in [4.69, 9.17) is 24.2 Å². The SMILES string of the molecule is COC(=O)c1c(C)cc(N2CCN(C(=O)c3cnc(NCC4COc5ccccc5O4)c(C(C)C)n3)C(C)(C)C2)nc1C. The third-order valence-corrected chi connectivity index (χ3v) is 7.87. The first-order valence-electron chi connectivity index (χ1n) is 14.6. The Hall–Kier alpha value is -4.41.